The van der Waals surface area contributed by atoms with Gasteiger partial charge in [0.05, 0.1) is 25.0 Å². The van der Waals surface area contributed by atoms with E-state index in [1.807, 2.05) is 6.08 Å². The highest BCUT2D eigenvalue weighted by Gasteiger charge is 2.32. The lowest BCUT2D eigenvalue weighted by molar-refractivity contribution is -0.134. The topological polar surface area (TPSA) is 89.1 Å². The minimum absolute atomic E-state index is 0.0967. The third-order valence-electron chi connectivity index (χ3n) is 4.64. The quantitative estimate of drug-likeness (QED) is 0.668. The van der Waals surface area contributed by atoms with Gasteiger partial charge in [0.15, 0.2) is 5.82 Å². The molecule has 0 aromatic carbocycles. The van der Waals surface area contributed by atoms with E-state index in [1.54, 1.807) is 29.0 Å². The zero-order valence-corrected chi connectivity index (χ0v) is 16.6. The van der Waals surface area contributed by atoms with Gasteiger partial charge in [-0.05, 0) is 17.7 Å². The number of halogens is 3. The highest BCUT2D eigenvalue weighted by Crippen LogP contribution is 2.34. The average Bonchev–Trinajstić information content (AvgIpc) is 3.32. The lowest BCUT2D eigenvalue weighted by atomic mass is 10.00. The van der Waals surface area contributed by atoms with Crippen molar-refractivity contribution in [2.24, 2.45) is 7.05 Å². The molecule has 1 aliphatic rings. The smallest absolute Gasteiger partial charge is 0.387 e. The minimum atomic E-state index is -4.42. The summed E-state index contributed by atoms with van der Waals surface area (Å²) in [5.41, 5.74) is 0.894. The fraction of sp³-hybridized carbons (Fsp3) is 0.333. The third-order valence-corrected chi connectivity index (χ3v) is 5.75. The first kappa shape index (κ1) is 20.3. The molecule has 4 rings (SSSR count). The lowest BCUT2D eigenvalue weighted by Gasteiger charge is -2.30. The third kappa shape index (κ3) is 4.14. The molecule has 1 atom stereocenters. The molecule has 158 valence electrons. The number of aryl methyl sites for hydroxylation is 1. The van der Waals surface area contributed by atoms with E-state index in [1.165, 1.54) is 12.3 Å². The second-order valence-electron chi connectivity index (χ2n) is 6.80. The van der Waals surface area contributed by atoms with Gasteiger partial charge in [0.2, 0.25) is 0 Å². The number of hydrogen-bond acceptors (Lipinski definition) is 7. The molecule has 0 spiro atoms. The SMILES string of the molecule is Cn1cc(C2=CCN(c3cnn(Cc4ccc(C(F)(F)F)s4)c(=O)n3)CC2O)cn1. The number of alkyl halides is 3. The molecule has 1 unspecified atom stereocenters. The molecule has 8 nitrogen and oxygen atoms in total. The summed E-state index contributed by atoms with van der Waals surface area (Å²) >= 11 is 0.565. The molecule has 0 bridgehead atoms. The molecular formula is C18H17F3N6O2S. The normalized spacial score (nSPS) is 17.3. The summed E-state index contributed by atoms with van der Waals surface area (Å²) in [6, 6.07) is 2.30. The van der Waals surface area contributed by atoms with Crippen LogP contribution in [0.15, 0.2) is 41.6 Å². The van der Waals surface area contributed by atoms with Gasteiger partial charge in [-0.1, -0.05) is 6.08 Å². The van der Waals surface area contributed by atoms with Gasteiger partial charge in [-0.15, -0.1) is 11.3 Å². The summed E-state index contributed by atoms with van der Waals surface area (Å²) in [5, 5.41) is 18.6. The van der Waals surface area contributed by atoms with Crippen LogP contribution in [0.3, 0.4) is 0 Å². The summed E-state index contributed by atoms with van der Waals surface area (Å²) in [7, 11) is 1.79. The number of β-amino-alcohol motifs (C(OH)–C–C–N with tert-alkyl or cyclic N) is 1. The number of nitrogens with zero attached hydrogens (tertiary/aromatic N) is 6. The molecule has 1 aliphatic heterocycles. The van der Waals surface area contributed by atoms with Gasteiger partial charge in [0.1, 0.15) is 4.88 Å². The van der Waals surface area contributed by atoms with Crippen LogP contribution in [0.4, 0.5) is 19.0 Å². The fourth-order valence-electron chi connectivity index (χ4n) is 3.17. The second kappa shape index (κ2) is 7.69. The molecule has 30 heavy (non-hydrogen) atoms. The Kier molecular flexibility index (Phi) is 5.20. The number of anilines is 1. The van der Waals surface area contributed by atoms with Crippen LogP contribution in [0.1, 0.15) is 15.3 Å². The Morgan fingerprint density at radius 3 is 2.67 bits per heavy atom. The Hall–Kier alpha value is -2.99. The predicted octanol–water partition coefficient (Wildman–Crippen LogP) is 1.76. The zero-order chi connectivity index (χ0) is 21.5. The molecule has 0 radical (unpaired) electrons. The van der Waals surface area contributed by atoms with Gasteiger partial charge < -0.3 is 10.0 Å². The van der Waals surface area contributed by atoms with E-state index in [0.29, 0.717) is 28.6 Å². The van der Waals surface area contributed by atoms with Crippen LogP contribution in [0.2, 0.25) is 0 Å². The fourth-order valence-corrected chi connectivity index (χ4v) is 4.03. The van der Waals surface area contributed by atoms with E-state index in [2.05, 4.69) is 15.2 Å². The van der Waals surface area contributed by atoms with Crippen LogP contribution in [0.5, 0.6) is 0 Å². The maximum atomic E-state index is 12.7. The van der Waals surface area contributed by atoms with Gasteiger partial charge >= 0.3 is 11.9 Å². The van der Waals surface area contributed by atoms with Crippen molar-refractivity contribution < 1.29 is 18.3 Å². The van der Waals surface area contributed by atoms with Crippen molar-refractivity contribution in [3.8, 4) is 0 Å². The molecule has 1 N–H and O–H groups in total. The highest BCUT2D eigenvalue weighted by molar-refractivity contribution is 7.12. The number of rotatable bonds is 4. The summed E-state index contributed by atoms with van der Waals surface area (Å²) < 4.78 is 40.8. The van der Waals surface area contributed by atoms with E-state index in [4.69, 9.17) is 0 Å². The van der Waals surface area contributed by atoms with Crippen molar-refractivity contribution in [1.82, 2.24) is 24.5 Å². The zero-order valence-electron chi connectivity index (χ0n) is 15.7. The van der Waals surface area contributed by atoms with E-state index < -0.39 is 22.8 Å². The summed E-state index contributed by atoms with van der Waals surface area (Å²) in [5.74, 6) is 0.291. The van der Waals surface area contributed by atoms with Gasteiger partial charge in [0.25, 0.3) is 0 Å². The maximum absolute atomic E-state index is 12.7. The molecular weight excluding hydrogens is 421 g/mol. The summed E-state index contributed by atoms with van der Waals surface area (Å²) in [6.07, 6.45) is 1.47. The molecule has 12 heteroatoms. The van der Waals surface area contributed by atoms with Crippen LogP contribution in [0.25, 0.3) is 5.57 Å². The Labute approximate surface area is 172 Å². The largest absolute Gasteiger partial charge is 0.425 e. The van der Waals surface area contributed by atoms with Crippen molar-refractivity contribution in [3.05, 3.63) is 62.6 Å². The van der Waals surface area contributed by atoms with Gasteiger partial charge in [-0.2, -0.15) is 28.4 Å². The van der Waals surface area contributed by atoms with Gasteiger partial charge in [0, 0.05) is 36.8 Å². The van der Waals surface area contributed by atoms with Crippen LogP contribution >= 0.6 is 11.3 Å². The van der Waals surface area contributed by atoms with Crippen molar-refractivity contribution in [1.29, 1.82) is 0 Å². The molecule has 0 amide bonds. The highest BCUT2D eigenvalue weighted by atomic mass is 32.1. The monoisotopic (exact) mass is 438 g/mol. The van der Waals surface area contributed by atoms with Crippen LogP contribution < -0.4 is 10.6 Å². The Morgan fingerprint density at radius 1 is 1.27 bits per heavy atom. The molecule has 4 heterocycles. The van der Waals surface area contributed by atoms with E-state index >= 15 is 0 Å². The van der Waals surface area contributed by atoms with E-state index in [-0.39, 0.29) is 13.1 Å². The Bertz CT molecular complexity index is 1150. The number of aliphatic hydroxyl groups is 1. The van der Waals surface area contributed by atoms with Gasteiger partial charge in [-0.3, -0.25) is 4.68 Å². The molecule has 0 saturated carbocycles. The Balaban J connectivity index is 1.49. The number of hydrogen-bond donors (Lipinski definition) is 1. The first-order valence-corrected chi connectivity index (χ1v) is 9.74. The minimum Gasteiger partial charge on any atom is -0.387 e. The molecule has 0 saturated heterocycles. The van der Waals surface area contributed by atoms with Crippen molar-refractivity contribution in [2.75, 3.05) is 18.0 Å². The molecule has 3 aromatic rings. The number of aromatic nitrogens is 5. The van der Waals surface area contributed by atoms with Crippen molar-refractivity contribution in [2.45, 2.75) is 18.8 Å². The summed E-state index contributed by atoms with van der Waals surface area (Å²) in [6.45, 7) is 0.540. The van der Waals surface area contributed by atoms with Gasteiger partial charge in [-0.25, -0.2) is 9.48 Å². The van der Waals surface area contributed by atoms with E-state index in [9.17, 15) is 23.1 Å². The number of aliphatic hydroxyl groups excluding tert-OH is 1. The first-order chi connectivity index (χ1) is 14.2. The van der Waals surface area contributed by atoms with Crippen LogP contribution in [-0.4, -0.2) is 48.8 Å². The Morgan fingerprint density at radius 2 is 2.07 bits per heavy atom. The molecule has 0 aliphatic carbocycles. The standard InChI is InChI=1S/C18H17F3N6O2S/c1-25-8-11(6-22-25)13-4-5-26(10-14(13)28)16-7-23-27(17(29)24-16)9-12-2-3-15(30-12)18(19,20)21/h2-4,6-8,14,28H,5,9-10H2,1H3. The van der Waals surface area contributed by atoms with Crippen LogP contribution in [0, 0.1) is 0 Å². The maximum Gasteiger partial charge on any atom is 0.425 e. The summed E-state index contributed by atoms with van der Waals surface area (Å²) in [4.78, 5) is 17.6. The first-order valence-electron chi connectivity index (χ1n) is 8.93. The van der Waals surface area contributed by atoms with Crippen molar-refractivity contribution >= 4 is 22.7 Å². The average molecular weight is 438 g/mol. The second-order valence-corrected chi connectivity index (χ2v) is 7.97. The lowest BCUT2D eigenvalue weighted by Crippen LogP contribution is -2.39. The molecule has 0 fully saturated rings. The number of thiophene rings is 1. The van der Waals surface area contributed by atoms with Crippen LogP contribution in [-0.2, 0) is 19.8 Å². The van der Waals surface area contributed by atoms with Crippen molar-refractivity contribution in [3.63, 3.8) is 0 Å². The molecule has 3 aromatic heterocycles. The van der Waals surface area contributed by atoms with E-state index in [0.717, 1.165) is 21.9 Å². The predicted molar refractivity (Wildman–Crippen MR) is 104 cm³/mol.